The molecule has 0 spiro atoms. The average molecular weight is 173 g/mol. The summed E-state index contributed by atoms with van der Waals surface area (Å²) in [6, 6.07) is 0. The van der Waals surface area contributed by atoms with Gasteiger partial charge in [0, 0.05) is 4.91 Å². The average Bonchev–Trinajstić information content (AvgIpc) is 2.00. The van der Waals surface area contributed by atoms with E-state index in [2.05, 4.69) is 18.5 Å². The highest BCUT2D eigenvalue weighted by molar-refractivity contribution is 8.05. The Morgan fingerprint density at radius 1 is 1.82 bits per heavy atom. The Morgan fingerprint density at radius 2 is 2.45 bits per heavy atom. The first-order valence-corrected chi connectivity index (χ1v) is 4.39. The SMILES string of the molecule is C=CSC(=C)C(O)CCNC. The molecule has 0 aromatic carbocycles. The van der Waals surface area contributed by atoms with E-state index in [1.807, 2.05) is 7.05 Å². The zero-order valence-corrected chi connectivity index (χ0v) is 7.66. The molecule has 11 heavy (non-hydrogen) atoms. The Balaban J connectivity index is 3.54. The maximum absolute atomic E-state index is 9.37. The fourth-order valence-electron chi connectivity index (χ4n) is 0.628. The molecule has 0 aromatic heterocycles. The molecule has 0 rings (SSSR count). The van der Waals surface area contributed by atoms with Gasteiger partial charge in [0.25, 0.3) is 0 Å². The maximum atomic E-state index is 9.37. The van der Waals surface area contributed by atoms with Crippen LogP contribution in [0.25, 0.3) is 0 Å². The second kappa shape index (κ2) is 6.46. The minimum absolute atomic E-state index is 0.426. The Kier molecular flexibility index (Phi) is 6.31. The topological polar surface area (TPSA) is 32.3 Å². The van der Waals surface area contributed by atoms with Crippen molar-refractivity contribution in [1.29, 1.82) is 0 Å². The zero-order chi connectivity index (χ0) is 8.69. The van der Waals surface area contributed by atoms with Crippen molar-refractivity contribution in [2.24, 2.45) is 0 Å². The number of hydrogen-bond acceptors (Lipinski definition) is 3. The molecule has 0 aliphatic heterocycles. The quantitative estimate of drug-likeness (QED) is 0.636. The van der Waals surface area contributed by atoms with Crippen molar-refractivity contribution >= 4 is 11.8 Å². The van der Waals surface area contributed by atoms with Gasteiger partial charge in [0.1, 0.15) is 0 Å². The molecule has 2 N–H and O–H groups in total. The van der Waals surface area contributed by atoms with Gasteiger partial charge in [0.05, 0.1) is 6.10 Å². The van der Waals surface area contributed by atoms with Gasteiger partial charge >= 0.3 is 0 Å². The molecule has 0 heterocycles. The van der Waals surface area contributed by atoms with Crippen LogP contribution in [0.1, 0.15) is 6.42 Å². The van der Waals surface area contributed by atoms with E-state index in [1.165, 1.54) is 11.8 Å². The van der Waals surface area contributed by atoms with Crippen LogP contribution in [-0.4, -0.2) is 24.8 Å². The molecule has 0 amide bonds. The minimum atomic E-state index is -0.426. The molecular weight excluding hydrogens is 158 g/mol. The van der Waals surface area contributed by atoms with Gasteiger partial charge in [-0.1, -0.05) is 13.2 Å². The van der Waals surface area contributed by atoms with Crippen molar-refractivity contribution in [3.63, 3.8) is 0 Å². The molecule has 0 aromatic rings. The van der Waals surface area contributed by atoms with Crippen LogP contribution in [0, 0.1) is 0 Å². The summed E-state index contributed by atoms with van der Waals surface area (Å²) in [5.41, 5.74) is 0. The normalized spacial score (nSPS) is 12.5. The van der Waals surface area contributed by atoms with Gasteiger partial charge in [0.15, 0.2) is 0 Å². The highest BCUT2D eigenvalue weighted by Gasteiger charge is 2.06. The van der Waals surface area contributed by atoms with Gasteiger partial charge in [-0.05, 0) is 25.4 Å². The summed E-state index contributed by atoms with van der Waals surface area (Å²) in [4.78, 5) is 0.759. The summed E-state index contributed by atoms with van der Waals surface area (Å²) in [6.07, 6.45) is 0.279. The third-order valence-electron chi connectivity index (χ3n) is 1.27. The minimum Gasteiger partial charge on any atom is -0.388 e. The van der Waals surface area contributed by atoms with E-state index in [-0.39, 0.29) is 0 Å². The van der Waals surface area contributed by atoms with E-state index in [4.69, 9.17) is 0 Å². The van der Waals surface area contributed by atoms with Gasteiger partial charge < -0.3 is 10.4 Å². The molecule has 64 valence electrons. The van der Waals surface area contributed by atoms with Crippen molar-refractivity contribution in [2.75, 3.05) is 13.6 Å². The highest BCUT2D eigenvalue weighted by Crippen LogP contribution is 2.19. The lowest BCUT2D eigenvalue weighted by Crippen LogP contribution is -2.16. The van der Waals surface area contributed by atoms with E-state index in [9.17, 15) is 5.11 Å². The Labute approximate surface area is 72.4 Å². The van der Waals surface area contributed by atoms with Crippen LogP contribution in [-0.2, 0) is 0 Å². The fourth-order valence-corrected chi connectivity index (χ4v) is 1.12. The van der Waals surface area contributed by atoms with E-state index in [0.29, 0.717) is 6.42 Å². The molecule has 3 heteroatoms. The summed E-state index contributed by atoms with van der Waals surface area (Å²) < 4.78 is 0. The Morgan fingerprint density at radius 3 is 2.91 bits per heavy atom. The summed E-state index contributed by atoms with van der Waals surface area (Å²) in [6.45, 7) is 8.05. The first-order chi connectivity index (χ1) is 5.22. The van der Waals surface area contributed by atoms with Crippen molar-refractivity contribution in [1.82, 2.24) is 5.32 Å². The van der Waals surface area contributed by atoms with E-state index < -0.39 is 6.10 Å². The number of thioether (sulfide) groups is 1. The first-order valence-electron chi connectivity index (χ1n) is 3.51. The Hall–Kier alpha value is -0.250. The van der Waals surface area contributed by atoms with Gasteiger partial charge in [-0.15, -0.1) is 11.8 Å². The fraction of sp³-hybridized carbons (Fsp3) is 0.500. The van der Waals surface area contributed by atoms with Crippen LogP contribution in [0.15, 0.2) is 23.5 Å². The maximum Gasteiger partial charge on any atom is 0.0857 e. The summed E-state index contributed by atoms with van der Waals surface area (Å²) in [5.74, 6) is 0. The predicted molar refractivity (Wildman–Crippen MR) is 51.5 cm³/mol. The molecule has 0 saturated carbocycles. The van der Waals surface area contributed by atoms with Crippen molar-refractivity contribution < 1.29 is 5.11 Å². The number of aliphatic hydroxyl groups is 1. The Bertz CT molecular complexity index is 136. The molecule has 0 radical (unpaired) electrons. The lowest BCUT2D eigenvalue weighted by atomic mass is 10.2. The number of nitrogens with one attached hydrogen (secondary N) is 1. The van der Waals surface area contributed by atoms with Crippen LogP contribution in [0.3, 0.4) is 0 Å². The standard InChI is InChI=1S/C8H15NOS/c1-4-11-7(2)8(10)5-6-9-3/h4,8-10H,1-2,5-6H2,3H3. The first kappa shape index (κ1) is 10.8. The van der Waals surface area contributed by atoms with E-state index in [1.54, 1.807) is 5.41 Å². The van der Waals surface area contributed by atoms with Gasteiger partial charge in [-0.25, -0.2) is 0 Å². The molecule has 0 aliphatic carbocycles. The van der Waals surface area contributed by atoms with Crippen LogP contribution >= 0.6 is 11.8 Å². The zero-order valence-electron chi connectivity index (χ0n) is 6.84. The van der Waals surface area contributed by atoms with Crippen molar-refractivity contribution in [3.8, 4) is 0 Å². The molecule has 2 nitrogen and oxygen atoms in total. The van der Waals surface area contributed by atoms with Crippen LogP contribution in [0.4, 0.5) is 0 Å². The number of aliphatic hydroxyl groups excluding tert-OH is 1. The van der Waals surface area contributed by atoms with E-state index in [0.717, 1.165) is 11.4 Å². The molecule has 0 bridgehead atoms. The second-order valence-electron chi connectivity index (χ2n) is 2.16. The lowest BCUT2D eigenvalue weighted by Gasteiger charge is -2.10. The van der Waals surface area contributed by atoms with Crippen molar-refractivity contribution in [2.45, 2.75) is 12.5 Å². The summed E-state index contributed by atoms with van der Waals surface area (Å²) >= 11 is 1.38. The molecular formula is C8H15NOS. The third kappa shape index (κ3) is 5.07. The van der Waals surface area contributed by atoms with Crippen LogP contribution in [0.2, 0.25) is 0 Å². The van der Waals surface area contributed by atoms with Gasteiger partial charge in [0.2, 0.25) is 0 Å². The lowest BCUT2D eigenvalue weighted by molar-refractivity contribution is 0.209. The number of hydrogen-bond donors (Lipinski definition) is 2. The third-order valence-corrected chi connectivity index (χ3v) is 2.02. The monoisotopic (exact) mass is 173 g/mol. The predicted octanol–water partition coefficient (Wildman–Crippen LogP) is 1.35. The smallest absolute Gasteiger partial charge is 0.0857 e. The second-order valence-corrected chi connectivity index (χ2v) is 3.25. The molecule has 1 unspecified atom stereocenters. The number of rotatable bonds is 6. The van der Waals surface area contributed by atoms with Crippen LogP contribution in [0.5, 0.6) is 0 Å². The summed E-state index contributed by atoms with van der Waals surface area (Å²) in [5, 5.41) is 14.0. The van der Waals surface area contributed by atoms with E-state index >= 15 is 0 Å². The van der Waals surface area contributed by atoms with Gasteiger partial charge in [-0.2, -0.15) is 0 Å². The largest absolute Gasteiger partial charge is 0.388 e. The molecule has 0 fully saturated rings. The summed E-state index contributed by atoms with van der Waals surface area (Å²) in [7, 11) is 1.86. The van der Waals surface area contributed by atoms with Crippen molar-refractivity contribution in [3.05, 3.63) is 23.5 Å². The molecule has 0 saturated heterocycles. The highest BCUT2D eigenvalue weighted by atomic mass is 32.2. The van der Waals surface area contributed by atoms with Gasteiger partial charge in [-0.3, -0.25) is 0 Å². The molecule has 0 aliphatic rings. The van der Waals surface area contributed by atoms with Crippen LogP contribution < -0.4 is 5.32 Å². The molecule has 1 atom stereocenters.